The van der Waals surface area contributed by atoms with E-state index in [0.29, 0.717) is 16.8 Å². The smallest absolute Gasteiger partial charge is 0.256 e. The van der Waals surface area contributed by atoms with Gasteiger partial charge in [0.1, 0.15) is 0 Å². The van der Waals surface area contributed by atoms with E-state index in [1.807, 2.05) is 62.4 Å². The van der Waals surface area contributed by atoms with Gasteiger partial charge in [0.15, 0.2) is 0 Å². The van der Waals surface area contributed by atoms with Crippen LogP contribution in [0.2, 0.25) is 0 Å². The molecule has 3 aromatic carbocycles. The summed E-state index contributed by atoms with van der Waals surface area (Å²) >= 11 is 1.62. The quantitative estimate of drug-likeness (QED) is 0.508. The minimum absolute atomic E-state index is 0.144. The van der Waals surface area contributed by atoms with Crippen molar-refractivity contribution in [3.05, 3.63) is 95.6 Å². The van der Waals surface area contributed by atoms with Crippen molar-refractivity contribution in [3.63, 3.8) is 0 Å². The molecule has 4 nitrogen and oxygen atoms in total. The normalized spacial score (nSPS) is 11.5. The number of nitrogens with one attached hydrogen (secondary N) is 2. The zero-order valence-corrected chi connectivity index (χ0v) is 17.3. The first-order valence-electron chi connectivity index (χ1n) is 9.58. The topological polar surface area (TPSA) is 58.2 Å². The van der Waals surface area contributed by atoms with Gasteiger partial charge in [-0.15, -0.1) is 11.8 Å². The molecule has 29 heavy (non-hydrogen) atoms. The van der Waals surface area contributed by atoms with Crippen LogP contribution in [-0.4, -0.2) is 17.6 Å². The molecule has 0 bridgehead atoms. The van der Waals surface area contributed by atoms with Crippen LogP contribution < -0.4 is 10.6 Å². The predicted molar refractivity (Wildman–Crippen MR) is 120 cm³/mol. The van der Waals surface area contributed by atoms with E-state index in [1.165, 1.54) is 0 Å². The second-order valence-electron chi connectivity index (χ2n) is 6.53. The highest BCUT2D eigenvalue weighted by Crippen LogP contribution is 2.24. The lowest BCUT2D eigenvalue weighted by Crippen LogP contribution is -2.28. The molecule has 1 atom stereocenters. The molecule has 0 spiro atoms. The van der Waals surface area contributed by atoms with Crippen molar-refractivity contribution in [1.29, 1.82) is 0 Å². The average molecular weight is 405 g/mol. The van der Waals surface area contributed by atoms with Crippen LogP contribution in [-0.2, 0) is 0 Å². The number of anilines is 1. The molecule has 2 N–H and O–H groups in total. The van der Waals surface area contributed by atoms with Crippen molar-refractivity contribution in [3.8, 4) is 0 Å². The average Bonchev–Trinajstić information content (AvgIpc) is 2.75. The third-order valence-corrected chi connectivity index (χ3v) is 5.45. The lowest BCUT2D eigenvalue weighted by atomic mass is 10.1. The second-order valence-corrected chi connectivity index (χ2v) is 7.84. The number of carbonyl (C=O) groups excluding carboxylic acids is 2. The monoisotopic (exact) mass is 404 g/mol. The summed E-state index contributed by atoms with van der Waals surface area (Å²) in [5.74, 6) is 0.423. The van der Waals surface area contributed by atoms with Crippen molar-refractivity contribution in [1.82, 2.24) is 5.32 Å². The van der Waals surface area contributed by atoms with Crippen LogP contribution in [0.5, 0.6) is 0 Å². The molecule has 148 valence electrons. The van der Waals surface area contributed by atoms with Gasteiger partial charge < -0.3 is 10.6 Å². The van der Waals surface area contributed by atoms with Gasteiger partial charge in [-0.1, -0.05) is 61.5 Å². The highest BCUT2D eigenvalue weighted by Gasteiger charge is 2.17. The Bertz CT molecular complexity index is 989. The van der Waals surface area contributed by atoms with Gasteiger partial charge in [-0.3, -0.25) is 9.59 Å². The first-order valence-corrected chi connectivity index (χ1v) is 10.6. The number of hydrogen-bond donors (Lipinski definition) is 2. The van der Waals surface area contributed by atoms with Crippen molar-refractivity contribution >= 4 is 29.3 Å². The summed E-state index contributed by atoms with van der Waals surface area (Å²) in [5, 5.41) is 5.91. The van der Waals surface area contributed by atoms with Crippen LogP contribution in [0.1, 0.15) is 46.2 Å². The van der Waals surface area contributed by atoms with Gasteiger partial charge in [-0.05, 0) is 42.5 Å². The molecule has 0 saturated carbocycles. The Morgan fingerprint density at radius 3 is 2.17 bits per heavy atom. The van der Waals surface area contributed by atoms with Gasteiger partial charge in [0.2, 0.25) is 0 Å². The molecular formula is C24H24N2O2S. The van der Waals surface area contributed by atoms with E-state index >= 15 is 0 Å². The van der Waals surface area contributed by atoms with Crippen molar-refractivity contribution in [2.45, 2.75) is 24.8 Å². The van der Waals surface area contributed by atoms with E-state index in [0.717, 1.165) is 16.2 Å². The Kier molecular flexibility index (Phi) is 7.09. The van der Waals surface area contributed by atoms with Gasteiger partial charge in [0.05, 0.1) is 22.9 Å². The van der Waals surface area contributed by atoms with Gasteiger partial charge >= 0.3 is 0 Å². The van der Waals surface area contributed by atoms with Crippen molar-refractivity contribution in [2.24, 2.45) is 0 Å². The molecule has 0 unspecified atom stereocenters. The molecule has 3 rings (SSSR count). The maximum atomic E-state index is 12.9. The molecule has 0 saturated heterocycles. The molecule has 5 heteroatoms. The number of amides is 2. The highest BCUT2D eigenvalue weighted by atomic mass is 32.2. The number of thioether (sulfide) groups is 1. The zero-order valence-electron chi connectivity index (χ0n) is 16.5. The Morgan fingerprint density at radius 1 is 0.828 bits per heavy atom. The van der Waals surface area contributed by atoms with Crippen LogP contribution in [0.4, 0.5) is 5.69 Å². The van der Waals surface area contributed by atoms with Crippen LogP contribution in [0, 0.1) is 0 Å². The number of rotatable bonds is 7. The SMILES string of the molecule is CCSc1ccccc1C(=O)Nc1ccccc1C(=O)N[C@H](C)c1ccccc1. The van der Waals surface area contributed by atoms with E-state index in [1.54, 1.807) is 42.1 Å². The van der Waals surface area contributed by atoms with Crippen LogP contribution in [0.3, 0.4) is 0 Å². The summed E-state index contributed by atoms with van der Waals surface area (Å²) in [6, 6.07) is 24.2. The van der Waals surface area contributed by atoms with Crippen molar-refractivity contribution in [2.75, 3.05) is 11.1 Å². The molecule has 0 fully saturated rings. The third-order valence-electron chi connectivity index (χ3n) is 4.50. The second kappa shape index (κ2) is 9.94. The fourth-order valence-corrected chi connectivity index (χ4v) is 3.82. The molecule has 0 aliphatic rings. The molecular weight excluding hydrogens is 380 g/mol. The van der Waals surface area contributed by atoms with E-state index in [2.05, 4.69) is 10.6 Å². The first kappa shape index (κ1) is 20.7. The zero-order chi connectivity index (χ0) is 20.6. The van der Waals surface area contributed by atoms with Crippen LogP contribution >= 0.6 is 11.8 Å². The van der Waals surface area contributed by atoms with E-state index in [-0.39, 0.29) is 17.9 Å². The summed E-state index contributed by atoms with van der Waals surface area (Å²) in [5.41, 5.74) is 2.55. The summed E-state index contributed by atoms with van der Waals surface area (Å²) in [6.07, 6.45) is 0. The van der Waals surface area contributed by atoms with Gasteiger partial charge in [-0.2, -0.15) is 0 Å². The Hall–Kier alpha value is -3.05. The minimum Gasteiger partial charge on any atom is -0.345 e. The summed E-state index contributed by atoms with van der Waals surface area (Å²) < 4.78 is 0. The maximum absolute atomic E-state index is 12.9. The number of hydrogen-bond acceptors (Lipinski definition) is 3. The fourth-order valence-electron chi connectivity index (χ4n) is 3.01. The largest absolute Gasteiger partial charge is 0.345 e. The predicted octanol–water partition coefficient (Wildman–Crippen LogP) is 5.54. The fraction of sp³-hybridized carbons (Fsp3) is 0.167. The summed E-state index contributed by atoms with van der Waals surface area (Å²) in [7, 11) is 0. The van der Waals surface area contributed by atoms with E-state index in [4.69, 9.17) is 0 Å². The Labute approximate surface area is 175 Å². The number of benzene rings is 3. The molecule has 3 aromatic rings. The van der Waals surface area contributed by atoms with Crippen molar-refractivity contribution < 1.29 is 9.59 Å². The maximum Gasteiger partial charge on any atom is 0.256 e. The highest BCUT2D eigenvalue weighted by molar-refractivity contribution is 7.99. The molecule has 0 aliphatic carbocycles. The number of carbonyl (C=O) groups is 2. The molecule has 0 aliphatic heterocycles. The Balaban J connectivity index is 1.78. The molecule has 0 aromatic heterocycles. The first-order chi connectivity index (χ1) is 14.1. The van der Waals surface area contributed by atoms with E-state index in [9.17, 15) is 9.59 Å². The van der Waals surface area contributed by atoms with Gasteiger partial charge in [0, 0.05) is 4.90 Å². The molecule has 0 radical (unpaired) electrons. The lowest BCUT2D eigenvalue weighted by molar-refractivity contribution is 0.0941. The summed E-state index contributed by atoms with van der Waals surface area (Å²) in [6.45, 7) is 3.99. The lowest BCUT2D eigenvalue weighted by Gasteiger charge is -2.17. The molecule has 0 heterocycles. The van der Waals surface area contributed by atoms with Gasteiger partial charge in [0.25, 0.3) is 11.8 Å². The Morgan fingerprint density at radius 2 is 1.45 bits per heavy atom. The third kappa shape index (κ3) is 5.27. The van der Waals surface area contributed by atoms with Gasteiger partial charge in [-0.25, -0.2) is 0 Å². The minimum atomic E-state index is -0.228. The van der Waals surface area contributed by atoms with Crippen LogP contribution in [0.15, 0.2) is 83.8 Å². The summed E-state index contributed by atoms with van der Waals surface area (Å²) in [4.78, 5) is 26.7. The standard InChI is InChI=1S/C24H24N2O2S/c1-3-29-22-16-10-8-14-20(22)24(28)26-21-15-9-7-13-19(21)23(27)25-17(2)18-11-5-4-6-12-18/h4-17H,3H2,1-2H3,(H,25,27)(H,26,28)/t17-/m1/s1. The molecule has 2 amide bonds. The van der Waals surface area contributed by atoms with E-state index < -0.39 is 0 Å². The van der Waals surface area contributed by atoms with Crippen LogP contribution in [0.25, 0.3) is 0 Å². The number of para-hydroxylation sites is 1.